The van der Waals surface area contributed by atoms with Gasteiger partial charge in [-0.25, -0.2) is 13.8 Å². The van der Waals surface area contributed by atoms with Crippen molar-refractivity contribution in [2.75, 3.05) is 16.8 Å². The van der Waals surface area contributed by atoms with Crippen molar-refractivity contribution in [2.45, 2.75) is 70.8 Å². The van der Waals surface area contributed by atoms with Crippen molar-refractivity contribution < 1.29 is 8.78 Å². The summed E-state index contributed by atoms with van der Waals surface area (Å²) >= 11 is 0. The topological polar surface area (TPSA) is 54.2 Å². The molecule has 2 aromatic rings. The van der Waals surface area contributed by atoms with Crippen molar-refractivity contribution in [1.29, 1.82) is 0 Å². The van der Waals surface area contributed by atoms with E-state index in [1.54, 1.807) is 0 Å². The van der Waals surface area contributed by atoms with Crippen molar-refractivity contribution >= 4 is 11.5 Å². The molecule has 1 saturated carbocycles. The van der Waals surface area contributed by atoms with Crippen molar-refractivity contribution in [1.82, 2.24) is 4.98 Å². The molecule has 4 rings (SSSR count). The van der Waals surface area contributed by atoms with Crippen molar-refractivity contribution in [2.24, 2.45) is 11.7 Å². The number of halogens is 2. The number of rotatable bonds is 6. The third-order valence-corrected chi connectivity index (χ3v) is 6.48. The summed E-state index contributed by atoms with van der Waals surface area (Å²) in [5, 5.41) is 3.39. The molecule has 6 heteroatoms. The van der Waals surface area contributed by atoms with E-state index in [-0.39, 0.29) is 12.5 Å². The second kappa shape index (κ2) is 11.5. The summed E-state index contributed by atoms with van der Waals surface area (Å²) in [5.74, 6) is -1.07. The Kier molecular flexibility index (Phi) is 8.70. The third-order valence-electron chi connectivity index (χ3n) is 6.48. The summed E-state index contributed by atoms with van der Waals surface area (Å²) < 4.78 is 26.9. The van der Waals surface area contributed by atoms with E-state index < -0.39 is 5.92 Å². The molecule has 0 bridgehead atoms. The highest BCUT2D eigenvalue weighted by Gasteiger charge is 2.31. The summed E-state index contributed by atoms with van der Waals surface area (Å²) in [4.78, 5) is 7.12. The molecule has 0 radical (unpaired) electrons. The zero-order chi connectivity index (χ0) is 24.7. The van der Waals surface area contributed by atoms with Gasteiger partial charge >= 0.3 is 0 Å². The largest absolute Gasteiger partial charge is 0.405 e. The minimum atomic E-state index is -2.69. The van der Waals surface area contributed by atoms with Gasteiger partial charge in [-0.15, -0.1) is 0 Å². The number of hydrogen-bond acceptors (Lipinski definition) is 4. The lowest BCUT2D eigenvalue weighted by molar-refractivity contribution is 0.0226. The number of alkyl halides is 2. The second-order valence-corrected chi connectivity index (χ2v) is 9.72. The molecule has 1 atom stereocenters. The zero-order valence-electron chi connectivity index (χ0n) is 20.5. The van der Waals surface area contributed by atoms with E-state index in [1.807, 2.05) is 37.4 Å². The first-order valence-corrected chi connectivity index (χ1v) is 12.2. The highest BCUT2D eigenvalue weighted by atomic mass is 19.3. The molecule has 1 aliphatic carbocycles. The van der Waals surface area contributed by atoms with E-state index in [0.717, 1.165) is 41.7 Å². The van der Waals surface area contributed by atoms with E-state index in [4.69, 9.17) is 4.98 Å². The van der Waals surface area contributed by atoms with E-state index in [1.165, 1.54) is 38.3 Å². The van der Waals surface area contributed by atoms with Crippen LogP contribution >= 0.6 is 0 Å². The molecule has 0 saturated heterocycles. The van der Waals surface area contributed by atoms with E-state index >= 15 is 0 Å². The molecule has 2 aliphatic rings. The molecule has 1 aromatic heterocycles. The highest BCUT2D eigenvalue weighted by Crippen LogP contribution is 2.41. The van der Waals surface area contributed by atoms with Gasteiger partial charge in [0, 0.05) is 18.3 Å². The molecular formula is C28H38F2N4. The molecule has 1 aliphatic heterocycles. The van der Waals surface area contributed by atoms with Gasteiger partial charge < -0.3 is 16.0 Å². The summed E-state index contributed by atoms with van der Waals surface area (Å²) in [6.07, 6.45) is 10.4. The van der Waals surface area contributed by atoms with Crippen LogP contribution in [0.2, 0.25) is 0 Å². The van der Waals surface area contributed by atoms with Crippen LogP contribution in [0.1, 0.15) is 68.2 Å². The molecular weight excluding hydrogens is 430 g/mol. The maximum atomic E-state index is 13.5. The van der Waals surface area contributed by atoms with Gasteiger partial charge in [0.05, 0.1) is 18.3 Å². The normalized spacial score (nSPS) is 17.2. The van der Waals surface area contributed by atoms with Crippen LogP contribution in [-0.2, 0) is 6.42 Å². The lowest BCUT2D eigenvalue weighted by atomic mass is 9.82. The van der Waals surface area contributed by atoms with Gasteiger partial charge in [0.25, 0.3) is 0 Å². The number of aromatic nitrogens is 1. The molecule has 1 aromatic carbocycles. The number of nitrogens with one attached hydrogen (secondary N) is 1. The smallest absolute Gasteiger partial charge is 0.249 e. The van der Waals surface area contributed by atoms with Crippen LogP contribution in [0.3, 0.4) is 0 Å². The predicted octanol–water partition coefficient (Wildman–Crippen LogP) is 7.13. The Morgan fingerprint density at radius 2 is 1.88 bits per heavy atom. The van der Waals surface area contributed by atoms with Crippen LogP contribution in [0, 0.1) is 12.8 Å². The lowest BCUT2D eigenvalue weighted by Crippen LogP contribution is -2.37. The molecule has 2 heterocycles. The molecule has 3 N–H and O–H groups in total. The van der Waals surface area contributed by atoms with Crippen molar-refractivity contribution in [3.05, 3.63) is 78.3 Å². The maximum absolute atomic E-state index is 13.5. The number of hydrogen-bond donors (Lipinski definition) is 2. The molecule has 1 fully saturated rings. The summed E-state index contributed by atoms with van der Waals surface area (Å²) in [7, 11) is 0. The first-order valence-electron chi connectivity index (χ1n) is 12.2. The van der Waals surface area contributed by atoms with Crippen molar-refractivity contribution in [3.63, 3.8) is 0 Å². The van der Waals surface area contributed by atoms with Gasteiger partial charge in [-0.05, 0) is 55.1 Å². The minimum absolute atomic E-state index is 0.145. The fraction of sp³-hybridized carbons (Fsp3) is 0.464. The molecule has 4 nitrogen and oxygen atoms in total. The Hall–Kier alpha value is -2.89. The minimum Gasteiger partial charge on any atom is -0.405 e. The first-order chi connectivity index (χ1) is 16.2. The number of nitrogens with two attached hydrogens (primary N) is 1. The molecule has 34 heavy (non-hydrogen) atoms. The Balaban J connectivity index is 0.00000103. The Morgan fingerprint density at radius 3 is 2.50 bits per heavy atom. The van der Waals surface area contributed by atoms with Crippen LogP contribution in [0.25, 0.3) is 0 Å². The zero-order valence-corrected chi connectivity index (χ0v) is 20.5. The molecule has 1 unspecified atom stereocenters. The van der Waals surface area contributed by atoms with Crippen LogP contribution in [0.5, 0.6) is 0 Å². The van der Waals surface area contributed by atoms with E-state index in [0.29, 0.717) is 18.0 Å². The Morgan fingerprint density at radius 1 is 1.24 bits per heavy atom. The lowest BCUT2D eigenvalue weighted by Gasteiger charge is -2.40. The standard InChI is InChI=1S/C26H33F2N3.C2H5N/c1-18-13-23-25(29-16-18)31(17-19(2)30-23)24(14-20-7-5-4-6-8-20)22-11-9-21(10-12-22)15-26(3,27)28;1-2-3/h9-13,16,20,24,30H,2,4-8,14-15,17H2,1,3H3;2H,1,3H2. The Labute approximate surface area is 203 Å². The summed E-state index contributed by atoms with van der Waals surface area (Å²) in [5.41, 5.74) is 9.50. The number of aryl methyl sites for hydroxylation is 1. The average Bonchev–Trinajstić information content (AvgIpc) is 2.77. The fourth-order valence-corrected chi connectivity index (χ4v) is 5.05. The number of pyridine rings is 1. The van der Waals surface area contributed by atoms with E-state index in [9.17, 15) is 8.78 Å². The fourth-order valence-electron chi connectivity index (χ4n) is 5.05. The van der Waals surface area contributed by atoms with E-state index in [2.05, 4.69) is 35.2 Å². The van der Waals surface area contributed by atoms with Crippen LogP contribution in [0.15, 0.2) is 61.6 Å². The number of anilines is 2. The van der Waals surface area contributed by atoms with Crippen LogP contribution in [-0.4, -0.2) is 17.5 Å². The van der Waals surface area contributed by atoms with Crippen LogP contribution in [0.4, 0.5) is 20.3 Å². The highest BCUT2D eigenvalue weighted by molar-refractivity contribution is 5.72. The maximum Gasteiger partial charge on any atom is 0.249 e. The third kappa shape index (κ3) is 7.05. The molecule has 0 spiro atoms. The van der Waals surface area contributed by atoms with Gasteiger partial charge in [-0.2, -0.15) is 0 Å². The summed E-state index contributed by atoms with van der Waals surface area (Å²) in [6.45, 7) is 11.1. The van der Waals surface area contributed by atoms with Gasteiger partial charge in [-0.1, -0.05) is 69.5 Å². The number of benzene rings is 1. The van der Waals surface area contributed by atoms with Crippen LogP contribution < -0.4 is 16.0 Å². The van der Waals surface area contributed by atoms with Gasteiger partial charge in [-0.3, -0.25) is 0 Å². The van der Waals surface area contributed by atoms with Gasteiger partial charge in [0.1, 0.15) is 0 Å². The molecule has 0 amide bonds. The quantitative estimate of drug-likeness (QED) is 0.473. The monoisotopic (exact) mass is 468 g/mol. The van der Waals surface area contributed by atoms with Gasteiger partial charge in [0.2, 0.25) is 5.92 Å². The number of fused-ring (bicyclic) bond motifs is 1. The Bertz CT molecular complexity index is 959. The SMILES string of the molecule is C=C1CN(C(CC2CCCCC2)c2ccc(CC(C)(F)F)cc2)c2ncc(C)cc2N1.C=CN. The predicted molar refractivity (Wildman–Crippen MR) is 138 cm³/mol. The summed E-state index contributed by atoms with van der Waals surface area (Å²) in [6, 6.07) is 10.1. The molecule has 184 valence electrons. The van der Waals surface area contributed by atoms with Crippen molar-refractivity contribution in [3.8, 4) is 0 Å². The van der Waals surface area contributed by atoms with Gasteiger partial charge in [0.15, 0.2) is 5.82 Å². The average molecular weight is 469 g/mol. The second-order valence-electron chi connectivity index (χ2n) is 9.72. The number of nitrogens with zero attached hydrogens (tertiary/aromatic N) is 2. The first kappa shape index (κ1) is 25.7.